The van der Waals surface area contributed by atoms with Gasteiger partial charge in [-0.25, -0.2) is 0 Å². The van der Waals surface area contributed by atoms with Crippen molar-refractivity contribution in [1.82, 2.24) is 10.2 Å². The van der Waals surface area contributed by atoms with Gasteiger partial charge in [0.2, 0.25) is 0 Å². The molecule has 20 heavy (non-hydrogen) atoms. The first-order valence-electron chi connectivity index (χ1n) is 7.69. The maximum atomic E-state index is 5.91. The van der Waals surface area contributed by atoms with Crippen LogP contribution in [0.25, 0.3) is 0 Å². The van der Waals surface area contributed by atoms with E-state index in [1.807, 2.05) is 0 Å². The number of likely N-dealkylation sites (N-methyl/N-ethyl adjacent to an activating group) is 1. The Morgan fingerprint density at radius 2 is 2.15 bits per heavy atom. The minimum atomic E-state index is 0.423. The summed E-state index contributed by atoms with van der Waals surface area (Å²) in [6.45, 7) is 6.33. The molecule has 0 amide bonds. The number of nitrogens with one attached hydrogen (secondary N) is 1. The number of rotatable bonds is 5. The lowest BCUT2D eigenvalue weighted by Crippen LogP contribution is -2.32. The Bertz CT molecular complexity index is 411. The third-order valence-electron chi connectivity index (χ3n) is 4.29. The van der Waals surface area contributed by atoms with Gasteiger partial charge in [0, 0.05) is 12.1 Å². The van der Waals surface area contributed by atoms with E-state index in [4.69, 9.17) is 4.74 Å². The van der Waals surface area contributed by atoms with Gasteiger partial charge < -0.3 is 15.0 Å². The fourth-order valence-electron chi connectivity index (χ4n) is 2.47. The average molecular weight is 276 g/mol. The van der Waals surface area contributed by atoms with Gasteiger partial charge in [-0.3, -0.25) is 0 Å². The molecule has 1 fully saturated rings. The smallest absolute Gasteiger partial charge is 0.119 e. The van der Waals surface area contributed by atoms with Crippen molar-refractivity contribution in [3.05, 3.63) is 29.8 Å². The normalized spacial score (nSPS) is 24.6. The van der Waals surface area contributed by atoms with Crippen LogP contribution >= 0.6 is 0 Å². The lowest BCUT2D eigenvalue weighted by molar-refractivity contribution is 0.198. The zero-order valence-corrected chi connectivity index (χ0v) is 13.2. The van der Waals surface area contributed by atoms with E-state index in [1.165, 1.54) is 18.4 Å². The molecular weight excluding hydrogens is 248 g/mol. The molecule has 0 radical (unpaired) electrons. The topological polar surface area (TPSA) is 24.5 Å². The van der Waals surface area contributed by atoms with Crippen LogP contribution in [0, 0.1) is 5.92 Å². The molecule has 3 nitrogen and oxygen atoms in total. The highest BCUT2D eigenvalue weighted by Crippen LogP contribution is 2.27. The highest BCUT2D eigenvalue weighted by molar-refractivity contribution is 5.30. The first-order valence-corrected chi connectivity index (χ1v) is 7.69. The summed E-state index contributed by atoms with van der Waals surface area (Å²) in [5.74, 6) is 1.78. The van der Waals surface area contributed by atoms with E-state index in [9.17, 15) is 0 Å². The van der Waals surface area contributed by atoms with Crippen LogP contribution in [-0.4, -0.2) is 38.2 Å². The average Bonchev–Trinajstić information content (AvgIpc) is 2.45. The van der Waals surface area contributed by atoms with Gasteiger partial charge in [-0.2, -0.15) is 0 Å². The third kappa shape index (κ3) is 4.22. The Hall–Kier alpha value is -1.06. The summed E-state index contributed by atoms with van der Waals surface area (Å²) in [7, 11) is 4.16. The summed E-state index contributed by atoms with van der Waals surface area (Å²) in [5, 5.41) is 3.63. The van der Waals surface area contributed by atoms with Crippen molar-refractivity contribution in [2.75, 3.05) is 27.2 Å². The molecule has 1 heterocycles. The highest BCUT2D eigenvalue weighted by atomic mass is 16.5. The molecule has 1 saturated heterocycles. The van der Waals surface area contributed by atoms with E-state index in [2.05, 4.69) is 62.4 Å². The van der Waals surface area contributed by atoms with E-state index in [-0.39, 0.29) is 0 Å². The molecule has 2 rings (SSSR count). The summed E-state index contributed by atoms with van der Waals surface area (Å²) in [6, 6.07) is 9.46. The van der Waals surface area contributed by atoms with Crippen LogP contribution in [-0.2, 0) is 0 Å². The van der Waals surface area contributed by atoms with E-state index in [0.29, 0.717) is 12.1 Å². The molecule has 1 N–H and O–H groups in total. The highest BCUT2D eigenvalue weighted by Gasteiger charge is 2.19. The summed E-state index contributed by atoms with van der Waals surface area (Å²) in [4.78, 5) is 2.17. The molecule has 1 aliphatic rings. The summed E-state index contributed by atoms with van der Waals surface area (Å²) in [5.41, 5.74) is 1.35. The van der Waals surface area contributed by atoms with Crippen LogP contribution in [0.1, 0.15) is 38.3 Å². The molecule has 1 aromatic carbocycles. The molecule has 0 aromatic heterocycles. The lowest BCUT2D eigenvalue weighted by atomic mass is 9.92. The first-order chi connectivity index (χ1) is 9.56. The van der Waals surface area contributed by atoms with E-state index in [1.54, 1.807) is 0 Å². The van der Waals surface area contributed by atoms with Crippen molar-refractivity contribution in [1.29, 1.82) is 0 Å². The van der Waals surface area contributed by atoms with Crippen molar-refractivity contribution in [3.63, 3.8) is 0 Å². The molecule has 1 unspecified atom stereocenters. The largest absolute Gasteiger partial charge is 0.492 e. The molecule has 0 aliphatic carbocycles. The number of ether oxygens (including phenoxy) is 1. The maximum Gasteiger partial charge on any atom is 0.119 e. The van der Waals surface area contributed by atoms with E-state index < -0.39 is 0 Å². The van der Waals surface area contributed by atoms with Gasteiger partial charge in [0.05, 0.1) is 0 Å². The molecule has 0 bridgehead atoms. The van der Waals surface area contributed by atoms with Crippen molar-refractivity contribution in [3.8, 4) is 5.75 Å². The Kier molecular flexibility index (Phi) is 5.44. The van der Waals surface area contributed by atoms with Crippen molar-refractivity contribution < 1.29 is 4.74 Å². The van der Waals surface area contributed by atoms with Crippen molar-refractivity contribution in [2.45, 2.75) is 38.8 Å². The van der Waals surface area contributed by atoms with Crippen LogP contribution in [0.3, 0.4) is 0 Å². The lowest BCUT2D eigenvalue weighted by Gasteiger charge is -2.28. The van der Waals surface area contributed by atoms with Gasteiger partial charge in [-0.15, -0.1) is 0 Å². The minimum Gasteiger partial charge on any atom is -0.492 e. The van der Waals surface area contributed by atoms with Gasteiger partial charge in [-0.05, 0) is 64.0 Å². The molecule has 3 atom stereocenters. The van der Waals surface area contributed by atoms with E-state index >= 15 is 0 Å². The van der Waals surface area contributed by atoms with Crippen LogP contribution in [0.4, 0.5) is 0 Å². The van der Waals surface area contributed by atoms with Crippen LogP contribution < -0.4 is 10.1 Å². The summed E-state index contributed by atoms with van der Waals surface area (Å²) >= 11 is 0. The molecule has 1 aromatic rings. The SMILES string of the molecule is C[C@H]1CCC(c2cccc(OC[C@@H](C)N(C)C)c2)NC1. The number of nitrogens with zero attached hydrogens (tertiary/aromatic N) is 1. The number of benzene rings is 1. The van der Waals surface area contributed by atoms with Crippen LogP contribution in [0.2, 0.25) is 0 Å². The Morgan fingerprint density at radius 3 is 2.80 bits per heavy atom. The molecular formula is C17H28N2O. The second kappa shape index (κ2) is 7.09. The van der Waals surface area contributed by atoms with Gasteiger partial charge in [0.1, 0.15) is 12.4 Å². The van der Waals surface area contributed by atoms with Crippen molar-refractivity contribution >= 4 is 0 Å². The Labute approximate surface area is 123 Å². The molecule has 0 spiro atoms. The minimum absolute atomic E-state index is 0.423. The Balaban J connectivity index is 1.94. The molecule has 0 saturated carbocycles. The van der Waals surface area contributed by atoms with Gasteiger partial charge in [0.15, 0.2) is 0 Å². The van der Waals surface area contributed by atoms with Gasteiger partial charge >= 0.3 is 0 Å². The fraction of sp³-hybridized carbons (Fsp3) is 0.647. The zero-order valence-electron chi connectivity index (χ0n) is 13.2. The van der Waals surface area contributed by atoms with Gasteiger partial charge in [-0.1, -0.05) is 19.1 Å². The quantitative estimate of drug-likeness (QED) is 0.894. The third-order valence-corrected chi connectivity index (χ3v) is 4.29. The number of piperidine rings is 1. The maximum absolute atomic E-state index is 5.91. The summed E-state index contributed by atoms with van der Waals surface area (Å²) in [6.07, 6.45) is 2.53. The molecule has 112 valence electrons. The van der Waals surface area contributed by atoms with Crippen LogP contribution in [0.15, 0.2) is 24.3 Å². The number of hydrogen-bond donors (Lipinski definition) is 1. The molecule has 3 heteroatoms. The predicted molar refractivity (Wildman–Crippen MR) is 84.2 cm³/mol. The monoisotopic (exact) mass is 276 g/mol. The number of hydrogen-bond acceptors (Lipinski definition) is 3. The van der Waals surface area contributed by atoms with E-state index in [0.717, 1.165) is 24.8 Å². The van der Waals surface area contributed by atoms with Crippen LogP contribution in [0.5, 0.6) is 5.75 Å². The second-order valence-electron chi connectivity index (χ2n) is 6.34. The zero-order chi connectivity index (χ0) is 14.5. The fourth-order valence-corrected chi connectivity index (χ4v) is 2.47. The van der Waals surface area contributed by atoms with Crippen molar-refractivity contribution in [2.24, 2.45) is 5.92 Å². The first kappa shape index (κ1) is 15.3. The molecule has 1 aliphatic heterocycles. The second-order valence-corrected chi connectivity index (χ2v) is 6.34. The Morgan fingerprint density at radius 1 is 1.35 bits per heavy atom. The standard InChI is InChI=1S/C17H28N2O/c1-13-8-9-17(18-11-13)15-6-5-7-16(10-15)20-12-14(2)19(3)4/h5-7,10,13-14,17-18H,8-9,11-12H2,1-4H3/t13-,14+,17?/m0/s1. The predicted octanol–water partition coefficient (Wildman–Crippen LogP) is 3.08. The van der Waals surface area contributed by atoms with Gasteiger partial charge in [0.25, 0.3) is 0 Å². The summed E-state index contributed by atoms with van der Waals surface area (Å²) < 4.78 is 5.91.